The van der Waals surface area contributed by atoms with Gasteiger partial charge in [0.05, 0.1) is 5.56 Å². The molecule has 0 radical (unpaired) electrons. The third-order valence-corrected chi connectivity index (χ3v) is 6.23. The quantitative estimate of drug-likeness (QED) is 0.432. The molecule has 202 valence electrons. The lowest BCUT2D eigenvalue weighted by atomic mass is 10.2. The summed E-state index contributed by atoms with van der Waals surface area (Å²) >= 11 is 5.93. The summed E-state index contributed by atoms with van der Waals surface area (Å²) in [5.74, 6) is 0. The third-order valence-electron chi connectivity index (χ3n) is 6.00. The predicted octanol–water partition coefficient (Wildman–Crippen LogP) is 4.65. The Kier molecular flexibility index (Phi) is 10.4. The Bertz CT molecular complexity index is 1030. The molecule has 8 nitrogen and oxygen atoms in total. The molecule has 0 bridgehead atoms. The fraction of sp³-hybridized carbons (Fsp3) is 0.440. The van der Waals surface area contributed by atoms with Gasteiger partial charge in [-0.3, -0.25) is 0 Å². The van der Waals surface area contributed by atoms with Crippen molar-refractivity contribution in [3.63, 3.8) is 0 Å². The van der Waals surface area contributed by atoms with E-state index in [9.17, 15) is 22.8 Å². The van der Waals surface area contributed by atoms with E-state index in [1.54, 1.807) is 29.2 Å². The molecule has 0 aliphatic carbocycles. The van der Waals surface area contributed by atoms with Gasteiger partial charge in [-0.25, -0.2) is 9.59 Å². The molecule has 1 aliphatic heterocycles. The Labute approximate surface area is 219 Å². The minimum absolute atomic E-state index is 0.182. The number of rotatable bonds is 9. The maximum absolute atomic E-state index is 13.0. The minimum Gasteiger partial charge on any atom is -0.336 e. The van der Waals surface area contributed by atoms with Crippen molar-refractivity contribution in [2.45, 2.75) is 12.6 Å². The van der Waals surface area contributed by atoms with Gasteiger partial charge in [0.1, 0.15) is 0 Å². The van der Waals surface area contributed by atoms with Crippen LogP contribution in [0.1, 0.15) is 12.0 Å². The number of nitrogens with zero attached hydrogens (tertiary/aromatic N) is 3. The molecule has 37 heavy (non-hydrogen) atoms. The highest BCUT2D eigenvalue weighted by atomic mass is 35.5. The topological polar surface area (TPSA) is 80.0 Å². The molecule has 1 saturated heterocycles. The molecule has 3 N–H and O–H groups in total. The number of anilines is 2. The van der Waals surface area contributed by atoms with Crippen LogP contribution in [0.4, 0.5) is 34.1 Å². The Morgan fingerprint density at radius 2 is 1.68 bits per heavy atom. The highest BCUT2D eigenvalue weighted by molar-refractivity contribution is 6.30. The highest BCUT2D eigenvalue weighted by Gasteiger charge is 2.30. The molecule has 0 aromatic heterocycles. The summed E-state index contributed by atoms with van der Waals surface area (Å²) in [6.07, 6.45) is -3.73. The van der Waals surface area contributed by atoms with Crippen LogP contribution in [0.5, 0.6) is 0 Å². The van der Waals surface area contributed by atoms with Gasteiger partial charge in [-0.1, -0.05) is 17.7 Å². The molecule has 2 aromatic carbocycles. The number of nitrogens with one attached hydrogen (secondary N) is 3. The van der Waals surface area contributed by atoms with Crippen LogP contribution in [0.15, 0.2) is 48.5 Å². The Hall–Kier alpha value is -3.02. The van der Waals surface area contributed by atoms with Crippen molar-refractivity contribution in [3.8, 4) is 0 Å². The van der Waals surface area contributed by atoms with Crippen molar-refractivity contribution in [2.24, 2.45) is 0 Å². The highest BCUT2D eigenvalue weighted by Crippen LogP contribution is 2.29. The van der Waals surface area contributed by atoms with Gasteiger partial charge in [0.15, 0.2) is 0 Å². The van der Waals surface area contributed by atoms with Gasteiger partial charge in [-0.05, 0) is 62.5 Å². The average Bonchev–Trinajstić information content (AvgIpc) is 2.84. The number of carbonyl (C=O) groups excluding carboxylic acids is 2. The number of amides is 4. The lowest BCUT2D eigenvalue weighted by Gasteiger charge is -2.33. The largest absolute Gasteiger partial charge is 0.416 e. The van der Waals surface area contributed by atoms with Gasteiger partial charge in [0.25, 0.3) is 0 Å². The van der Waals surface area contributed by atoms with E-state index in [1.165, 1.54) is 12.1 Å². The zero-order chi connectivity index (χ0) is 26.8. The van der Waals surface area contributed by atoms with Crippen molar-refractivity contribution < 1.29 is 22.8 Å². The van der Waals surface area contributed by atoms with Gasteiger partial charge >= 0.3 is 18.2 Å². The molecule has 12 heteroatoms. The van der Waals surface area contributed by atoms with Gasteiger partial charge in [0, 0.05) is 62.2 Å². The summed E-state index contributed by atoms with van der Waals surface area (Å²) in [7, 11) is 2.08. The van der Waals surface area contributed by atoms with Gasteiger partial charge in [-0.15, -0.1) is 0 Å². The summed E-state index contributed by atoms with van der Waals surface area (Å²) in [5, 5.41) is 8.53. The van der Waals surface area contributed by atoms with Crippen LogP contribution in [0.25, 0.3) is 0 Å². The second-order valence-electron chi connectivity index (χ2n) is 8.88. The minimum atomic E-state index is -4.45. The van der Waals surface area contributed by atoms with Crippen LogP contribution in [-0.2, 0) is 6.18 Å². The molecule has 4 amide bonds. The number of alkyl halides is 3. The van der Waals surface area contributed by atoms with E-state index >= 15 is 0 Å². The van der Waals surface area contributed by atoms with Crippen molar-refractivity contribution in [2.75, 3.05) is 70.0 Å². The predicted molar refractivity (Wildman–Crippen MR) is 139 cm³/mol. The molecule has 0 spiro atoms. The lowest BCUT2D eigenvalue weighted by Crippen LogP contribution is -2.46. The van der Waals surface area contributed by atoms with Gasteiger partial charge in [0.2, 0.25) is 0 Å². The number of likely N-dealkylation sites (N-methyl/N-ethyl adjacent to an activating group) is 1. The second-order valence-corrected chi connectivity index (χ2v) is 9.32. The van der Waals surface area contributed by atoms with Crippen molar-refractivity contribution >= 4 is 35.0 Å². The molecule has 0 unspecified atom stereocenters. The average molecular weight is 541 g/mol. The first kappa shape index (κ1) is 28.5. The number of piperazine rings is 1. The van der Waals surface area contributed by atoms with Crippen molar-refractivity contribution in [3.05, 3.63) is 59.1 Å². The van der Waals surface area contributed by atoms with Crippen LogP contribution in [0, 0.1) is 0 Å². The summed E-state index contributed by atoms with van der Waals surface area (Å²) in [6.45, 7) is 5.54. The summed E-state index contributed by atoms with van der Waals surface area (Å²) in [5.41, 5.74) is 0.00672. The molecule has 0 atom stereocenters. The normalized spacial score (nSPS) is 14.7. The fourth-order valence-electron chi connectivity index (χ4n) is 3.86. The van der Waals surface area contributed by atoms with E-state index in [0.717, 1.165) is 51.3 Å². The van der Waals surface area contributed by atoms with E-state index in [2.05, 4.69) is 32.8 Å². The summed E-state index contributed by atoms with van der Waals surface area (Å²) < 4.78 is 38.5. The Morgan fingerprint density at radius 3 is 2.32 bits per heavy atom. The molecule has 1 heterocycles. The second kappa shape index (κ2) is 13.5. The molecule has 3 rings (SSSR count). The first-order valence-corrected chi connectivity index (χ1v) is 12.4. The zero-order valence-corrected chi connectivity index (χ0v) is 21.4. The number of hydrogen-bond acceptors (Lipinski definition) is 4. The van der Waals surface area contributed by atoms with Crippen molar-refractivity contribution in [1.82, 2.24) is 20.0 Å². The van der Waals surface area contributed by atoms with Crippen LogP contribution in [0.2, 0.25) is 5.02 Å². The Morgan fingerprint density at radius 1 is 0.973 bits per heavy atom. The standard InChI is InChI=1S/C25H32ClF3N6O2/c1-33-14-16-34(17-15-33)11-3-12-35(13-10-30-23(36)31-22-5-2-4-20(26)18-22)24(37)32-21-8-6-19(7-9-21)25(27,28)29/h2,4-9,18H,3,10-17H2,1H3,(H,32,37)(H2,30,31,36). The molecule has 0 saturated carbocycles. The maximum atomic E-state index is 13.0. The molecular weight excluding hydrogens is 509 g/mol. The van der Waals surface area contributed by atoms with Crippen LogP contribution in [-0.4, -0.2) is 86.2 Å². The number of benzene rings is 2. The van der Waals surface area contributed by atoms with E-state index in [-0.39, 0.29) is 18.8 Å². The van der Waals surface area contributed by atoms with E-state index in [0.29, 0.717) is 17.3 Å². The fourth-order valence-corrected chi connectivity index (χ4v) is 4.05. The van der Waals surface area contributed by atoms with Crippen LogP contribution in [0.3, 0.4) is 0 Å². The summed E-state index contributed by atoms with van der Waals surface area (Å²) in [4.78, 5) is 31.3. The van der Waals surface area contributed by atoms with Crippen LogP contribution >= 0.6 is 11.6 Å². The first-order chi connectivity index (χ1) is 17.6. The monoisotopic (exact) mass is 540 g/mol. The van der Waals surface area contributed by atoms with Gasteiger partial charge < -0.3 is 30.7 Å². The number of halogens is 4. The molecule has 1 aliphatic rings. The maximum Gasteiger partial charge on any atom is 0.416 e. The lowest BCUT2D eigenvalue weighted by molar-refractivity contribution is -0.137. The van der Waals surface area contributed by atoms with Crippen molar-refractivity contribution in [1.29, 1.82) is 0 Å². The van der Waals surface area contributed by atoms with E-state index in [1.807, 2.05) is 0 Å². The van der Waals surface area contributed by atoms with Crippen LogP contribution < -0.4 is 16.0 Å². The smallest absolute Gasteiger partial charge is 0.336 e. The first-order valence-electron chi connectivity index (χ1n) is 12.0. The molecule has 2 aromatic rings. The Balaban J connectivity index is 1.54. The van der Waals surface area contributed by atoms with E-state index in [4.69, 9.17) is 11.6 Å². The SMILES string of the molecule is CN1CCN(CCCN(CCNC(=O)Nc2cccc(Cl)c2)C(=O)Nc2ccc(C(F)(F)F)cc2)CC1. The third kappa shape index (κ3) is 9.75. The molecular formula is C25H32ClF3N6O2. The number of urea groups is 2. The zero-order valence-electron chi connectivity index (χ0n) is 20.7. The summed E-state index contributed by atoms with van der Waals surface area (Å²) in [6, 6.07) is 10.1. The number of hydrogen-bond donors (Lipinski definition) is 3. The van der Waals surface area contributed by atoms with Gasteiger partial charge in [-0.2, -0.15) is 13.2 Å². The molecule has 1 fully saturated rings. The van der Waals surface area contributed by atoms with E-state index < -0.39 is 23.8 Å². The number of carbonyl (C=O) groups is 2.